The minimum Gasteiger partial charge on any atom is -0.465 e. The first-order chi connectivity index (χ1) is 10.9. The summed E-state index contributed by atoms with van der Waals surface area (Å²) in [5, 5.41) is 5.04. The monoisotopic (exact) mass is 344 g/mol. The molecule has 0 aliphatic rings. The maximum absolute atomic E-state index is 11.7. The van der Waals surface area contributed by atoms with Crippen LogP contribution in [0.15, 0.2) is 12.1 Å². The van der Waals surface area contributed by atoms with Gasteiger partial charge < -0.3 is 24.8 Å². The molecule has 2 N–H and O–H groups in total. The molecule has 0 radical (unpaired) electrons. The van der Waals surface area contributed by atoms with E-state index in [0.717, 1.165) is 0 Å². The zero-order valence-electron chi connectivity index (χ0n) is 12.9. The van der Waals surface area contributed by atoms with Gasteiger partial charge in [0.2, 0.25) is 11.8 Å². The maximum atomic E-state index is 11.7. The molecule has 23 heavy (non-hydrogen) atoms. The number of benzene rings is 1. The van der Waals surface area contributed by atoms with Gasteiger partial charge in [-0.15, -0.1) is 0 Å². The number of carbonyl (C=O) groups is 3. The van der Waals surface area contributed by atoms with Gasteiger partial charge in [-0.1, -0.05) is 11.6 Å². The van der Waals surface area contributed by atoms with E-state index in [1.165, 1.54) is 33.5 Å². The van der Waals surface area contributed by atoms with Gasteiger partial charge in [-0.3, -0.25) is 9.59 Å². The molecule has 0 saturated carbocycles. The van der Waals surface area contributed by atoms with Crippen molar-refractivity contribution in [3.05, 3.63) is 22.7 Å². The Bertz CT molecular complexity index is 564. The molecule has 0 unspecified atom stereocenters. The first-order valence-electron chi connectivity index (χ1n) is 6.42. The zero-order chi connectivity index (χ0) is 17.4. The summed E-state index contributed by atoms with van der Waals surface area (Å²) < 4.78 is 14.1. The lowest BCUT2D eigenvalue weighted by Gasteiger charge is -2.14. The third-order valence-corrected chi connectivity index (χ3v) is 3.00. The lowest BCUT2D eigenvalue weighted by Crippen LogP contribution is -2.20. The van der Waals surface area contributed by atoms with Gasteiger partial charge in [0.15, 0.2) is 0 Å². The quantitative estimate of drug-likeness (QED) is 0.723. The van der Waals surface area contributed by atoms with Crippen LogP contribution in [0.2, 0.25) is 5.02 Å². The SMILES string of the molecule is COCC(=O)Nc1cc(C(=O)OC)cc(NC(=O)COC)c1Cl. The van der Waals surface area contributed by atoms with Gasteiger partial charge in [0.1, 0.15) is 13.2 Å². The van der Waals surface area contributed by atoms with Crippen LogP contribution < -0.4 is 10.6 Å². The Labute approximate surface area is 138 Å². The number of amides is 2. The number of hydrogen-bond acceptors (Lipinski definition) is 6. The second-order valence-corrected chi connectivity index (χ2v) is 4.72. The highest BCUT2D eigenvalue weighted by Crippen LogP contribution is 2.32. The molecule has 2 amide bonds. The maximum Gasteiger partial charge on any atom is 0.338 e. The molecule has 0 heterocycles. The Morgan fingerprint density at radius 2 is 1.39 bits per heavy atom. The Morgan fingerprint density at radius 3 is 1.74 bits per heavy atom. The van der Waals surface area contributed by atoms with Crippen molar-refractivity contribution < 1.29 is 28.6 Å². The van der Waals surface area contributed by atoms with Gasteiger partial charge >= 0.3 is 5.97 Å². The average molecular weight is 345 g/mol. The van der Waals surface area contributed by atoms with Crippen LogP contribution in [0.25, 0.3) is 0 Å². The predicted octanol–water partition coefficient (Wildman–Crippen LogP) is 1.30. The van der Waals surface area contributed by atoms with Crippen molar-refractivity contribution >= 4 is 40.8 Å². The molecule has 0 bridgehead atoms. The Kier molecular flexibility index (Phi) is 7.46. The molecule has 0 atom stereocenters. The summed E-state index contributed by atoms with van der Waals surface area (Å²) in [6, 6.07) is 2.68. The van der Waals surface area contributed by atoms with Crippen LogP contribution in [-0.2, 0) is 23.8 Å². The molecular weight excluding hydrogens is 328 g/mol. The highest BCUT2D eigenvalue weighted by Gasteiger charge is 2.17. The van der Waals surface area contributed by atoms with E-state index in [9.17, 15) is 14.4 Å². The van der Waals surface area contributed by atoms with Crippen molar-refractivity contribution in [2.45, 2.75) is 0 Å². The average Bonchev–Trinajstić information content (AvgIpc) is 2.50. The number of carbonyl (C=O) groups excluding carboxylic acids is 3. The summed E-state index contributed by atoms with van der Waals surface area (Å²) in [5.41, 5.74) is 0.394. The fourth-order valence-corrected chi connectivity index (χ4v) is 1.88. The predicted molar refractivity (Wildman–Crippen MR) is 83.8 cm³/mol. The molecule has 0 saturated heterocycles. The number of ether oxygens (including phenoxy) is 3. The lowest BCUT2D eigenvalue weighted by atomic mass is 10.1. The van der Waals surface area contributed by atoms with Gasteiger partial charge in [-0.25, -0.2) is 4.79 Å². The Balaban J connectivity index is 3.19. The second-order valence-electron chi connectivity index (χ2n) is 4.34. The van der Waals surface area contributed by atoms with Crippen LogP contribution in [0, 0.1) is 0 Å². The molecule has 0 fully saturated rings. The van der Waals surface area contributed by atoms with Crippen molar-refractivity contribution in [3.8, 4) is 0 Å². The Hall–Kier alpha value is -2.16. The van der Waals surface area contributed by atoms with Crippen molar-refractivity contribution in [1.29, 1.82) is 0 Å². The summed E-state index contributed by atoms with van der Waals surface area (Å²) in [6.07, 6.45) is 0. The number of nitrogens with one attached hydrogen (secondary N) is 2. The number of halogens is 1. The highest BCUT2D eigenvalue weighted by molar-refractivity contribution is 6.37. The summed E-state index contributed by atoms with van der Waals surface area (Å²) in [6.45, 7) is -0.381. The summed E-state index contributed by atoms with van der Waals surface area (Å²) in [4.78, 5) is 35.0. The second kappa shape index (κ2) is 9.09. The minimum absolute atomic E-state index is 0.0616. The largest absolute Gasteiger partial charge is 0.465 e. The fraction of sp³-hybridized carbons (Fsp3) is 0.357. The fourth-order valence-electron chi connectivity index (χ4n) is 1.68. The molecule has 1 aromatic carbocycles. The zero-order valence-corrected chi connectivity index (χ0v) is 13.7. The van der Waals surface area contributed by atoms with Crippen LogP contribution >= 0.6 is 11.6 Å². The van der Waals surface area contributed by atoms with Gasteiger partial charge in [0, 0.05) is 14.2 Å². The normalized spacial score (nSPS) is 10.1. The molecule has 0 aromatic heterocycles. The van der Waals surface area contributed by atoms with Crippen molar-refractivity contribution in [2.75, 3.05) is 45.2 Å². The number of methoxy groups -OCH3 is 3. The van der Waals surface area contributed by atoms with Gasteiger partial charge in [-0.05, 0) is 12.1 Å². The molecular formula is C14H17ClN2O6. The first kappa shape index (κ1) is 18.9. The van der Waals surface area contributed by atoms with Crippen LogP contribution in [0.1, 0.15) is 10.4 Å². The third kappa shape index (κ3) is 5.51. The van der Waals surface area contributed by atoms with Crippen LogP contribution in [0.5, 0.6) is 0 Å². The molecule has 0 spiro atoms. The molecule has 0 aliphatic heterocycles. The molecule has 126 valence electrons. The van der Waals surface area contributed by atoms with E-state index in [-0.39, 0.29) is 35.2 Å². The standard InChI is InChI=1S/C14H17ClN2O6/c1-21-6-11(18)16-9-4-8(14(20)23-3)5-10(13(9)15)17-12(19)7-22-2/h4-5H,6-7H2,1-3H3,(H,16,18)(H,17,19). The highest BCUT2D eigenvalue weighted by atomic mass is 35.5. The number of hydrogen-bond donors (Lipinski definition) is 2. The summed E-state index contributed by atoms with van der Waals surface area (Å²) >= 11 is 6.15. The number of esters is 1. The molecule has 1 rings (SSSR count). The summed E-state index contributed by atoms with van der Waals surface area (Å²) in [5.74, 6) is -1.58. The molecule has 1 aromatic rings. The first-order valence-corrected chi connectivity index (χ1v) is 6.80. The van der Waals surface area contributed by atoms with E-state index in [1.54, 1.807) is 0 Å². The van der Waals surface area contributed by atoms with Crippen molar-refractivity contribution in [1.82, 2.24) is 0 Å². The number of rotatable bonds is 7. The van der Waals surface area contributed by atoms with Gasteiger partial charge in [0.05, 0.1) is 29.1 Å². The van der Waals surface area contributed by atoms with E-state index in [0.29, 0.717) is 0 Å². The Morgan fingerprint density at radius 1 is 0.957 bits per heavy atom. The lowest BCUT2D eigenvalue weighted by molar-refractivity contribution is -0.120. The van der Waals surface area contributed by atoms with Crippen molar-refractivity contribution in [3.63, 3.8) is 0 Å². The van der Waals surface area contributed by atoms with Crippen LogP contribution in [0.4, 0.5) is 11.4 Å². The summed E-state index contributed by atoms with van der Waals surface area (Å²) in [7, 11) is 3.94. The van der Waals surface area contributed by atoms with Gasteiger partial charge in [-0.2, -0.15) is 0 Å². The van der Waals surface area contributed by atoms with E-state index >= 15 is 0 Å². The third-order valence-electron chi connectivity index (χ3n) is 2.59. The van der Waals surface area contributed by atoms with E-state index in [1.807, 2.05) is 0 Å². The minimum atomic E-state index is -0.647. The topological polar surface area (TPSA) is 103 Å². The van der Waals surface area contributed by atoms with Crippen molar-refractivity contribution in [2.24, 2.45) is 0 Å². The smallest absolute Gasteiger partial charge is 0.338 e. The van der Waals surface area contributed by atoms with E-state index in [2.05, 4.69) is 15.4 Å². The van der Waals surface area contributed by atoms with Crippen LogP contribution in [0.3, 0.4) is 0 Å². The van der Waals surface area contributed by atoms with Crippen LogP contribution in [-0.4, -0.2) is 52.3 Å². The molecule has 8 nitrogen and oxygen atoms in total. The molecule has 0 aliphatic carbocycles. The number of anilines is 2. The van der Waals surface area contributed by atoms with E-state index in [4.69, 9.17) is 21.1 Å². The van der Waals surface area contributed by atoms with E-state index < -0.39 is 17.8 Å². The molecule has 9 heteroatoms. The van der Waals surface area contributed by atoms with Gasteiger partial charge in [0.25, 0.3) is 0 Å².